The fourth-order valence-electron chi connectivity index (χ4n) is 2.75. The van der Waals surface area contributed by atoms with E-state index in [1.54, 1.807) is 12.1 Å². The average molecular weight is 299 g/mol. The second kappa shape index (κ2) is 5.43. The van der Waals surface area contributed by atoms with Crippen molar-refractivity contribution in [1.29, 1.82) is 0 Å². The average Bonchev–Trinajstić information content (AvgIpc) is 2.75. The number of rotatable bonds is 2. The summed E-state index contributed by atoms with van der Waals surface area (Å²) >= 11 is 6.30. The number of aliphatic hydroxyl groups excluding tert-OH is 1. The highest BCUT2D eigenvalue weighted by atomic mass is 35.5. The first-order valence-electron chi connectivity index (χ1n) is 7.01. The van der Waals surface area contributed by atoms with E-state index in [0.717, 1.165) is 19.3 Å². The highest BCUT2D eigenvalue weighted by molar-refractivity contribution is 6.31. The zero-order valence-corrected chi connectivity index (χ0v) is 12.3. The van der Waals surface area contributed by atoms with Gasteiger partial charge in [-0.3, -0.25) is 0 Å². The van der Waals surface area contributed by atoms with Gasteiger partial charge in [0.1, 0.15) is 6.10 Å². The number of fused-ring (bicyclic) bond motifs is 1. The summed E-state index contributed by atoms with van der Waals surface area (Å²) < 4.78 is 16.9. The fraction of sp³-hybridized carbons (Fsp3) is 0.600. The lowest BCUT2D eigenvalue weighted by molar-refractivity contribution is -0.0796. The third-order valence-electron chi connectivity index (χ3n) is 3.99. The molecule has 2 unspecified atom stereocenters. The quantitative estimate of drug-likeness (QED) is 0.911. The highest BCUT2D eigenvalue weighted by Crippen LogP contribution is 2.43. The lowest BCUT2D eigenvalue weighted by atomic mass is 9.90. The van der Waals surface area contributed by atoms with Crippen LogP contribution in [0, 0.1) is 0 Å². The summed E-state index contributed by atoms with van der Waals surface area (Å²) in [4.78, 5) is 0. The van der Waals surface area contributed by atoms with Crippen LogP contribution in [0.5, 0.6) is 11.5 Å². The standard InChI is InChI=1S/C15H19ClO4/c1-15(4-2-7-20-15)14(17)10-8-12-13(9-11(10)16)19-6-3-5-18-12/h8-9,14,17H,2-7H2,1H3. The smallest absolute Gasteiger partial charge is 0.162 e. The maximum Gasteiger partial charge on any atom is 0.162 e. The van der Waals surface area contributed by atoms with Gasteiger partial charge < -0.3 is 19.3 Å². The van der Waals surface area contributed by atoms with Gasteiger partial charge in [0.25, 0.3) is 0 Å². The summed E-state index contributed by atoms with van der Waals surface area (Å²) in [5, 5.41) is 11.1. The lowest BCUT2D eigenvalue weighted by Gasteiger charge is -2.30. The van der Waals surface area contributed by atoms with Crippen molar-refractivity contribution in [3.8, 4) is 11.5 Å². The Labute approximate surface area is 123 Å². The number of aliphatic hydroxyl groups is 1. The molecule has 1 saturated heterocycles. The van der Waals surface area contributed by atoms with E-state index < -0.39 is 11.7 Å². The highest BCUT2D eigenvalue weighted by Gasteiger charge is 2.39. The van der Waals surface area contributed by atoms with Crippen molar-refractivity contribution in [2.75, 3.05) is 19.8 Å². The van der Waals surface area contributed by atoms with Gasteiger partial charge in [-0.1, -0.05) is 11.6 Å². The normalized spacial score (nSPS) is 27.1. The van der Waals surface area contributed by atoms with Crippen LogP contribution in [0.4, 0.5) is 0 Å². The molecule has 0 bridgehead atoms. The van der Waals surface area contributed by atoms with Crippen LogP contribution in [0.1, 0.15) is 37.9 Å². The molecule has 2 atom stereocenters. The second-order valence-corrected chi connectivity index (χ2v) is 5.95. The van der Waals surface area contributed by atoms with Gasteiger partial charge >= 0.3 is 0 Å². The maximum atomic E-state index is 10.6. The van der Waals surface area contributed by atoms with Crippen LogP contribution in [-0.2, 0) is 4.74 Å². The molecule has 110 valence electrons. The van der Waals surface area contributed by atoms with Gasteiger partial charge in [0.2, 0.25) is 0 Å². The van der Waals surface area contributed by atoms with E-state index in [2.05, 4.69) is 0 Å². The minimum Gasteiger partial charge on any atom is -0.490 e. The van der Waals surface area contributed by atoms with E-state index in [9.17, 15) is 5.11 Å². The molecule has 2 aliphatic heterocycles. The Hall–Kier alpha value is -0.970. The van der Waals surface area contributed by atoms with Crippen LogP contribution in [0.15, 0.2) is 12.1 Å². The summed E-state index contributed by atoms with van der Waals surface area (Å²) in [6.07, 6.45) is 1.84. The van der Waals surface area contributed by atoms with Crippen molar-refractivity contribution in [2.45, 2.75) is 37.9 Å². The van der Waals surface area contributed by atoms with Crippen molar-refractivity contribution >= 4 is 11.6 Å². The molecule has 5 heteroatoms. The molecule has 0 saturated carbocycles. The first-order chi connectivity index (χ1) is 9.60. The first-order valence-corrected chi connectivity index (χ1v) is 7.39. The minimum absolute atomic E-state index is 0.485. The van der Waals surface area contributed by atoms with Gasteiger partial charge in [-0.25, -0.2) is 0 Å². The monoisotopic (exact) mass is 298 g/mol. The molecular formula is C15H19ClO4. The number of benzene rings is 1. The summed E-state index contributed by atoms with van der Waals surface area (Å²) in [7, 11) is 0. The lowest BCUT2D eigenvalue weighted by Crippen LogP contribution is -2.32. The molecule has 2 aliphatic rings. The molecule has 1 fully saturated rings. The molecule has 0 radical (unpaired) electrons. The van der Waals surface area contributed by atoms with E-state index in [1.165, 1.54) is 0 Å². The maximum absolute atomic E-state index is 10.6. The molecule has 2 heterocycles. The van der Waals surface area contributed by atoms with Crippen LogP contribution in [-0.4, -0.2) is 30.5 Å². The Morgan fingerprint density at radius 1 is 1.15 bits per heavy atom. The second-order valence-electron chi connectivity index (χ2n) is 5.54. The largest absolute Gasteiger partial charge is 0.490 e. The van der Waals surface area contributed by atoms with Crippen LogP contribution in [0.3, 0.4) is 0 Å². The number of ether oxygens (including phenoxy) is 3. The number of hydrogen-bond donors (Lipinski definition) is 1. The zero-order valence-electron chi connectivity index (χ0n) is 11.5. The molecule has 1 N–H and O–H groups in total. The van der Waals surface area contributed by atoms with Crippen LogP contribution >= 0.6 is 11.6 Å². The van der Waals surface area contributed by atoms with Gasteiger partial charge in [0.05, 0.1) is 23.8 Å². The molecule has 0 aromatic heterocycles. The van der Waals surface area contributed by atoms with Gasteiger partial charge in [-0.2, -0.15) is 0 Å². The summed E-state index contributed by atoms with van der Waals surface area (Å²) in [6, 6.07) is 3.50. The van der Waals surface area contributed by atoms with Gasteiger partial charge in [0.15, 0.2) is 11.5 Å². The predicted molar refractivity (Wildman–Crippen MR) is 75.6 cm³/mol. The van der Waals surface area contributed by atoms with Crippen molar-refractivity contribution in [3.63, 3.8) is 0 Å². The minimum atomic E-state index is -0.769. The van der Waals surface area contributed by atoms with E-state index in [0.29, 0.717) is 41.9 Å². The molecule has 4 nitrogen and oxygen atoms in total. The zero-order chi connectivity index (χ0) is 14.2. The molecule has 20 heavy (non-hydrogen) atoms. The predicted octanol–water partition coefficient (Wildman–Crippen LogP) is 3.10. The van der Waals surface area contributed by atoms with Crippen LogP contribution in [0.2, 0.25) is 5.02 Å². The van der Waals surface area contributed by atoms with E-state index in [4.69, 9.17) is 25.8 Å². The van der Waals surface area contributed by atoms with Crippen molar-refractivity contribution in [1.82, 2.24) is 0 Å². The van der Waals surface area contributed by atoms with E-state index >= 15 is 0 Å². The first kappa shape index (κ1) is 14.0. The van der Waals surface area contributed by atoms with Gasteiger partial charge in [-0.15, -0.1) is 0 Å². The molecule has 1 aromatic carbocycles. The topological polar surface area (TPSA) is 47.9 Å². The van der Waals surface area contributed by atoms with E-state index in [-0.39, 0.29) is 0 Å². The van der Waals surface area contributed by atoms with Crippen molar-refractivity contribution in [2.24, 2.45) is 0 Å². The fourth-order valence-corrected chi connectivity index (χ4v) is 3.01. The molecule has 3 rings (SSSR count). The SMILES string of the molecule is CC1(C(O)c2cc3c(cc2Cl)OCCCO3)CCCO1. The van der Waals surface area contributed by atoms with Crippen LogP contribution < -0.4 is 9.47 Å². The Balaban J connectivity index is 1.95. The summed E-state index contributed by atoms with van der Waals surface area (Å²) in [5.74, 6) is 1.28. The Morgan fingerprint density at radius 3 is 2.50 bits per heavy atom. The number of halogens is 1. The summed E-state index contributed by atoms with van der Waals surface area (Å²) in [5.41, 5.74) is 0.0593. The Morgan fingerprint density at radius 2 is 1.85 bits per heavy atom. The Bertz CT molecular complexity index is 497. The summed E-state index contributed by atoms with van der Waals surface area (Å²) in [6.45, 7) is 3.82. The number of hydrogen-bond acceptors (Lipinski definition) is 4. The van der Waals surface area contributed by atoms with E-state index in [1.807, 2.05) is 6.92 Å². The van der Waals surface area contributed by atoms with Crippen molar-refractivity contribution < 1.29 is 19.3 Å². The van der Waals surface area contributed by atoms with Gasteiger partial charge in [-0.05, 0) is 25.8 Å². The molecule has 0 spiro atoms. The van der Waals surface area contributed by atoms with Crippen LogP contribution in [0.25, 0.3) is 0 Å². The molecule has 0 aliphatic carbocycles. The molecular weight excluding hydrogens is 280 g/mol. The van der Waals surface area contributed by atoms with Gasteiger partial charge in [0, 0.05) is 24.7 Å². The Kier molecular flexibility index (Phi) is 3.80. The third kappa shape index (κ3) is 2.48. The molecule has 0 amide bonds. The molecule has 1 aromatic rings. The third-order valence-corrected chi connectivity index (χ3v) is 4.32. The van der Waals surface area contributed by atoms with Crippen molar-refractivity contribution in [3.05, 3.63) is 22.7 Å².